The molecule has 144 valence electrons. The van der Waals surface area contributed by atoms with Crippen LogP contribution in [0.25, 0.3) is 11.4 Å². The molecule has 0 saturated carbocycles. The summed E-state index contributed by atoms with van der Waals surface area (Å²) in [6, 6.07) is 16.0. The lowest BCUT2D eigenvalue weighted by Crippen LogP contribution is -2.39. The highest BCUT2D eigenvalue weighted by atomic mass is 32.2. The number of methoxy groups -OCH3 is 1. The van der Waals surface area contributed by atoms with Crippen LogP contribution in [0.15, 0.2) is 59.8 Å². The Morgan fingerprint density at radius 2 is 1.82 bits per heavy atom. The number of amides is 3. The molecule has 3 N–H and O–H groups in total. The Bertz CT molecular complexity index is 944. The Morgan fingerprint density at radius 3 is 2.46 bits per heavy atom. The Hall–Kier alpha value is -3.33. The van der Waals surface area contributed by atoms with Crippen molar-refractivity contribution in [1.29, 1.82) is 0 Å². The number of hydrogen-bond acceptors (Lipinski definition) is 6. The molecule has 0 saturated heterocycles. The third kappa shape index (κ3) is 4.68. The number of benzene rings is 2. The number of hydrogen-bond donors (Lipinski definition) is 3. The normalized spacial score (nSPS) is 11.5. The van der Waals surface area contributed by atoms with Crippen LogP contribution in [0.2, 0.25) is 0 Å². The van der Waals surface area contributed by atoms with Crippen molar-refractivity contribution < 1.29 is 14.3 Å². The molecule has 3 amide bonds. The van der Waals surface area contributed by atoms with Gasteiger partial charge in [-0.25, -0.2) is 9.78 Å². The highest BCUT2D eigenvalue weighted by Gasteiger charge is 2.25. The van der Waals surface area contributed by atoms with Crippen molar-refractivity contribution >= 4 is 23.7 Å². The molecule has 0 spiro atoms. The Kier molecular flexibility index (Phi) is 6.28. The first-order valence-corrected chi connectivity index (χ1v) is 9.29. The number of imide groups is 1. The minimum Gasteiger partial charge on any atom is -0.497 e. The van der Waals surface area contributed by atoms with E-state index < -0.39 is 17.2 Å². The minimum atomic E-state index is -0.682. The second-order valence-corrected chi connectivity index (χ2v) is 6.74. The maximum atomic E-state index is 12.6. The largest absolute Gasteiger partial charge is 0.497 e. The van der Waals surface area contributed by atoms with Crippen molar-refractivity contribution in [2.75, 3.05) is 14.2 Å². The average molecular weight is 397 g/mol. The summed E-state index contributed by atoms with van der Waals surface area (Å²) in [5.41, 5.74) is 1.58. The van der Waals surface area contributed by atoms with Gasteiger partial charge in [0.2, 0.25) is 11.1 Å². The van der Waals surface area contributed by atoms with Crippen LogP contribution in [0.1, 0.15) is 10.8 Å². The summed E-state index contributed by atoms with van der Waals surface area (Å²) in [5, 5.41) is 11.5. The highest BCUT2D eigenvalue weighted by molar-refractivity contribution is 8.00. The summed E-state index contributed by atoms with van der Waals surface area (Å²) in [5.74, 6) is 0.864. The molecule has 0 unspecified atom stereocenters. The first-order chi connectivity index (χ1) is 13.6. The smallest absolute Gasteiger partial charge is 0.321 e. The molecule has 0 fully saturated rings. The summed E-state index contributed by atoms with van der Waals surface area (Å²) in [7, 11) is 3.05. The zero-order valence-corrected chi connectivity index (χ0v) is 16.1. The van der Waals surface area contributed by atoms with Gasteiger partial charge in [0.1, 0.15) is 11.0 Å². The zero-order valence-electron chi connectivity index (χ0n) is 15.3. The van der Waals surface area contributed by atoms with Crippen molar-refractivity contribution in [2.45, 2.75) is 10.4 Å². The molecule has 3 aromatic rings. The molecule has 1 heterocycles. The molecule has 0 aliphatic rings. The van der Waals surface area contributed by atoms with Crippen LogP contribution in [0.3, 0.4) is 0 Å². The molecular weight excluding hydrogens is 378 g/mol. The predicted octanol–water partition coefficient (Wildman–Crippen LogP) is 2.77. The number of carbonyl (C=O) groups excluding carboxylic acids is 2. The number of aromatic amines is 1. The Morgan fingerprint density at radius 1 is 1.11 bits per heavy atom. The molecule has 8 nitrogen and oxygen atoms in total. The van der Waals surface area contributed by atoms with Crippen LogP contribution in [-0.4, -0.2) is 41.3 Å². The van der Waals surface area contributed by atoms with Crippen LogP contribution in [-0.2, 0) is 4.79 Å². The lowest BCUT2D eigenvalue weighted by Gasteiger charge is -2.14. The fraction of sp³-hybridized carbons (Fsp3) is 0.158. The predicted molar refractivity (Wildman–Crippen MR) is 106 cm³/mol. The number of urea groups is 1. The fourth-order valence-electron chi connectivity index (χ4n) is 2.42. The van der Waals surface area contributed by atoms with E-state index in [1.165, 1.54) is 7.05 Å². The summed E-state index contributed by atoms with van der Waals surface area (Å²) in [6.45, 7) is 0. The van der Waals surface area contributed by atoms with Crippen LogP contribution in [0, 0.1) is 0 Å². The molecular formula is C19H19N5O3S. The highest BCUT2D eigenvalue weighted by Crippen LogP contribution is 2.34. The number of thioether (sulfide) groups is 1. The number of nitrogens with zero attached hydrogens (tertiary/aromatic N) is 2. The van der Waals surface area contributed by atoms with E-state index in [2.05, 4.69) is 25.8 Å². The zero-order chi connectivity index (χ0) is 19.9. The Balaban J connectivity index is 1.81. The van der Waals surface area contributed by atoms with E-state index in [1.54, 1.807) is 7.11 Å². The minimum absolute atomic E-state index is 0.395. The quantitative estimate of drug-likeness (QED) is 0.552. The third-order valence-corrected chi connectivity index (χ3v) is 4.97. The van der Waals surface area contributed by atoms with E-state index in [-0.39, 0.29) is 0 Å². The third-order valence-electron chi connectivity index (χ3n) is 3.86. The lowest BCUT2D eigenvalue weighted by atomic mass is 10.1. The maximum Gasteiger partial charge on any atom is 0.321 e. The molecule has 0 aliphatic heterocycles. The fourth-order valence-corrected chi connectivity index (χ4v) is 3.34. The van der Waals surface area contributed by atoms with Crippen LogP contribution >= 0.6 is 11.8 Å². The van der Waals surface area contributed by atoms with E-state index in [9.17, 15) is 9.59 Å². The number of H-pyrrole nitrogens is 1. The molecule has 0 bridgehead atoms. The standard InChI is InChI=1S/C19H19N5O3S/c1-20-18(26)22-17(25)15(12-6-4-3-5-7-12)28-19-21-16(23-24-19)13-8-10-14(27-2)11-9-13/h3-11,15H,1-2H3,(H,21,23,24)(H2,20,22,25,26)/t15-/m1/s1. The number of aromatic nitrogens is 3. The summed E-state index contributed by atoms with van der Waals surface area (Å²) in [6.07, 6.45) is 0. The van der Waals surface area contributed by atoms with Gasteiger partial charge in [-0.05, 0) is 29.8 Å². The number of rotatable bonds is 6. The van der Waals surface area contributed by atoms with Gasteiger partial charge >= 0.3 is 6.03 Å². The lowest BCUT2D eigenvalue weighted by molar-refractivity contribution is -0.119. The van der Waals surface area contributed by atoms with Crippen molar-refractivity contribution in [1.82, 2.24) is 25.8 Å². The van der Waals surface area contributed by atoms with Gasteiger partial charge in [-0.2, -0.15) is 0 Å². The van der Waals surface area contributed by atoms with Crippen molar-refractivity contribution in [2.24, 2.45) is 0 Å². The first-order valence-electron chi connectivity index (χ1n) is 8.41. The van der Waals surface area contributed by atoms with E-state index in [4.69, 9.17) is 4.74 Å². The van der Waals surface area contributed by atoms with E-state index in [0.717, 1.165) is 28.6 Å². The van der Waals surface area contributed by atoms with Gasteiger partial charge in [-0.1, -0.05) is 42.1 Å². The van der Waals surface area contributed by atoms with Crippen LogP contribution in [0.5, 0.6) is 5.75 Å². The van der Waals surface area contributed by atoms with E-state index in [0.29, 0.717) is 11.0 Å². The molecule has 1 atom stereocenters. The number of ether oxygens (including phenoxy) is 1. The van der Waals surface area contributed by atoms with Crippen LogP contribution < -0.4 is 15.4 Å². The van der Waals surface area contributed by atoms with E-state index >= 15 is 0 Å². The van der Waals surface area contributed by atoms with Gasteiger partial charge < -0.3 is 10.1 Å². The van der Waals surface area contributed by atoms with Gasteiger partial charge in [-0.3, -0.25) is 15.2 Å². The summed E-state index contributed by atoms with van der Waals surface area (Å²) in [4.78, 5) is 28.6. The van der Waals surface area contributed by atoms with Gasteiger partial charge in [0, 0.05) is 12.6 Å². The maximum absolute atomic E-state index is 12.6. The second-order valence-electron chi connectivity index (χ2n) is 5.67. The molecule has 1 aromatic heterocycles. The van der Waals surface area contributed by atoms with Crippen molar-refractivity contribution in [3.63, 3.8) is 0 Å². The molecule has 2 aromatic carbocycles. The first kappa shape index (κ1) is 19.4. The molecule has 28 heavy (non-hydrogen) atoms. The molecule has 0 aliphatic carbocycles. The summed E-state index contributed by atoms with van der Waals surface area (Å²) < 4.78 is 5.15. The van der Waals surface area contributed by atoms with Gasteiger partial charge in [0.25, 0.3) is 0 Å². The van der Waals surface area contributed by atoms with Gasteiger partial charge in [0.05, 0.1) is 7.11 Å². The Labute approximate surface area is 166 Å². The topological polar surface area (TPSA) is 109 Å². The average Bonchev–Trinajstić information content (AvgIpc) is 3.21. The van der Waals surface area contributed by atoms with Gasteiger partial charge in [-0.15, -0.1) is 5.10 Å². The van der Waals surface area contributed by atoms with Crippen LogP contribution in [0.4, 0.5) is 4.79 Å². The van der Waals surface area contributed by atoms with Crippen molar-refractivity contribution in [3.05, 3.63) is 60.2 Å². The van der Waals surface area contributed by atoms with Crippen molar-refractivity contribution in [3.8, 4) is 17.1 Å². The molecule has 9 heteroatoms. The van der Waals surface area contributed by atoms with E-state index in [1.807, 2.05) is 54.6 Å². The monoisotopic (exact) mass is 397 g/mol. The molecule has 3 rings (SSSR count). The number of carbonyl (C=O) groups is 2. The second kappa shape index (κ2) is 9.05. The number of nitrogens with one attached hydrogen (secondary N) is 3. The summed E-state index contributed by atoms with van der Waals surface area (Å²) >= 11 is 1.16. The van der Waals surface area contributed by atoms with Gasteiger partial charge in [0.15, 0.2) is 5.82 Å². The SMILES string of the molecule is CNC(=O)NC(=O)[C@H](Sc1n[nH]c(-c2ccc(OC)cc2)n1)c1ccccc1. The molecule has 0 radical (unpaired) electrons.